The van der Waals surface area contributed by atoms with Gasteiger partial charge in [0.15, 0.2) is 0 Å². The molecule has 2 rings (SSSR count). The van der Waals surface area contributed by atoms with E-state index in [2.05, 4.69) is 15.3 Å². The van der Waals surface area contributed by atoms with Crippen molar-refractivity contribution in [2.75, 3.05) is 18.9 Å². The first kappa shape index (κ1) is 14.7. The second kappa shape index (κ2) is 7.19. The Morgan fingerprint density at radius 3 is 3.10 bits per heavy atom. The van der Waals surface area contributed by atoms with Gasteiger partial charge in [0.25, 0.3) is 5.91 Å². The van der Waals surface area contributed by atoms with Crippen molar-refractivity contribution in [3.63, 3.8) is 0 Å². The average Bonchev–Trinajstić information content (AvgIpc) is 2.91. The highest BCUT2D eigenvalue weighted by Gasteiger charge is 2.14. The van der Waals surface area contributed by atoms with Crippen LogP contribution in [-0.2, 0) is 4.74 Å². The van der Waals surface area contributed by atoms with Crippen LogP contribution in [0.15, 0.2) is 6.20 Å². The summed E-state index contributed by atoms with van der Waals surface area (Å²) in [5.41, 5.74) is 6.55. The summed E-state index contributed by atoms with van der Waals surface area (Å²) in [6.07, 6.45) is 7.37. The number of carbonyl (C=O) groups is 1. The van der Waals surface area contributed by atoms with Crippen LogP contribution in [-0.4, -0.2) is 35.1 Å². The molecule has 0 radical (unpaired) electrons. The average molecular weight is 278 g/mol. The summed E-state index contributed by atoms with van der Waals surface area (Å²) in [7, 11) is 0. The first-order valence-electron chi connectivity index (χ1n) is 7.15. The summed E-state index contributed by atoms with van der Waals surface area (Å²) < 4.78 is 5.56. The highest BCUT2D eigenvalue weighted by Crippen LogP contribution is 2.17. The molecule has 1 saturated heterocycles. The van der Waals surface area contributed by atoms with E-state index < -0.39 is 0 Å². The Morgan fingerprint density at radius 1 is 1.55 bits per heavy atom. The van der Waals surface area contributed by atoms with Crippen molar-refractivity contribution in [1.82, 2.24) is 15.3 Å². The number of hydrogen-bond donors (Lipinski definition) is 2. The van der Waals surface area contributed by atoms with Crippen LogP contribution >= 0.6 is 0 Å². The largest absolute Gasteiger partial charge is 0.378 e. The van der Waals surface area contributed by atoms with Crippen molar-refractivity contribution in [3.05, 3.63) is 17.5 Å². The SMILES string of the molecule is Cc1nc(N)ncc1C(=O)NCCCC[C@H]1CCCO1. The first-order chi connectivity index (χ1) is 9.66. The molecule has 6 nitrogen and oxygen atoms in total. The Balaban J connectivity index is 1.66. The summed E-state index contributed by atoms with van der Waals surface area (Å²) in [5.74, 6) is 0.0511. The number of nitrogen functional groups attached to an aromatic ring is 1. The molecule has 0 aromatic carbocycles. The zero-order chi connectivity index (χ0) is 14.4. The minimum Gasteiger partial charge on any atom is -0.378 e. The second-order valence-electron chi connectivity index (χ2n) is 5.11. The smallest absolute Gasteiger partial charge is 0.254 e. The van der Waals surface area contributed by atoms with Crippen LogP contribution in [0.4, 0.5) is 5.95 Å². The second-order valence-corrected chi connectivity index (χ2v) is 5.11. The molecule has 0 bridgehead atoms. The fourth-order valence-electron chi connectivity index (χ4n) is 2.37. The van der Waals surface area contributed by atoms with Crippen molar-refractivity contribution in [1.29, 1.82) is 0 Å². The van der Waals surface area contributed by atoms with Gasteiger partial charge in [-0.15, -0.1) is 0 Å². The van der Waals surface area contributed by atoms with Gasteiger partial charge in [0.2, 0.25) is 5.95 Å². The lowest BCUT2D eigenvalue weighted by Gasteiger charge is -2.09. The number of hydrogen-bond acceptors (Lipinski definition) is 5. The van der Waals surface area contributed by atoms with E-state index in [1.807, 2.05) is 0 Å². The molecule has 0 aliphatic carbocycles. The maximum absolute atomic E-state index is 11.9. The molecule has 1 aromatic heterocycles. The number of nitrogens with one attached hydrogen (secondary N) is 1. The topological polar surface area (TPSA) is 90.1 Å². The Morgan fingerprint density at radius 2 is 2.40 bits per heavy atom. The van der Waals surface area contributed by atoms with Crippen LogP contribution < -0.4 is 11.1 Å². The maximum atomic E-state index is 11.9. The van der Waals surface area contributed by atoms with Crippen LogP contribution in [0.2, 0.25) is 0 Å². The van der Waals surface area contributed by atoms with Crippen molar-refractivity contribution in [3.8, 4) is 0 Å². The van der Waals surface area contributed by atoms with E-state index in [1.165, 1.54) is 19.0 Å². The number of nitrogens with zero attached hydrogens (tertiary/aromatic N) is 2. The van der Waals surface area contributed by atoms with Gasteiger partial charge in [0.05, 0.1) is 17.4 Å². The quantitative estimate of drug-likeness (QED) is 0.769. The Hall–Kier alpha value is -1.69. The Kier molecular flexibility index (Phi) is 5.29. The number of unbranched alkanes of at least 4 members (excludes halogenated alkanes) is 1. The molecule has 0 saturated carbocycles. The van der Waals surface area contributed by atoms with Gasteiger partial charge in [-0.3, -0.25) is 4.79 Å². The lowest BCUT2D eigenvalue weighted by atomic mass is 10.1. The molecule has 1 aliphatic heterocycles. The van der Waals surface area contributed by atoms with Crippen LogP contribution in [0.1, 0.15) is 48.2 Å². The van der Waals surface area contributed by atoms with Gasteiger partial charge >= 0.3 is 0 Å². The standard InChI is InChI=1S/C14H22N4O2/c1-10-12(9-17-14(15)18-10)13(19)16-7-3-2-5-11-6-4-8-20-11/h9,11H,2-8H2,1H3,(H,16,19)(H2,15,17,18)/t11-/m0/s1. The van der Waals surface area contributed by atoms with Gasteiger partial charge in [-0.25, -0.2) is 9.97 Å². The third kappa shape index (κ3) is 4.16. The highest BCUT2D eigenvalue weighted by atomic mass is 16.5. The molecule has 1 aromatic rings. The zero-order valence-electron chi connectivity index (χ0n) is 11.9. The van der Waals surface area contributed by atoms with Gasteiger partial charge < -0.3 is 15.8 Å². The van der Waals surface area contributed by atoms with Gasteiger partial charge in [-0.2, -0.15) is 0 Å². The summed E-state index contributed by atoms with van der Waals surface area (Å²) in [6.45, 7) is 3.32. The fraction of sp³-hybridized carbons (Fsp3) is 0.643. The molecule has 1 atom stereocenters. The maximum Gasteiger partial charge on any atom is 0.254 e. The number of amides is 1. The van der Waals surface area contributed by atoms with E-state index in [4.69, 9.17) is 10.5 Å². The first-order valence-corrected chi connectivity index (χ1v) is 7.15. The molecule has 6 heteroatoms. The Bertz CT molecular complexity index is 458. The number of nitrogens with two attached hydrogens (primary N) is 1. The molecular formula is C14H22N4O2. The molecule has 1 aliphatic rings. The number of ether oxygens (including phenoxy) is 1. The summed E-state index contributed by atoms with van der Waals surface area (Å²) in [6, 6.07) is 0. The fourth-order valence-corrected chi connectivity index (χ4v) is 2.37. The van der Waals surface area contributed by atoms with Crippen molar-refractivity contribution in [2.45, 2.75) is 45.1 Å². The molecule has 3 N–H and O–H groups in total. The number of aryl methyl sites for hydroxylation is 1. The van der Waals surface area contributed by atoms with E-state index in [9.17, 15) is 4.79 Å². The molecule has 1 fully saturated rings. The van der Waals surface area contributed by atoms with Crippen LogP contribution in [0, 0.1) is 6.92 Å². The van der Waals surface area contributed by atoms with Gasteiger partial charge in [0, 0.05) is 19.3 Å². The third-order valence-electron chi connectivity index (χ3n) is 3.51. The number of aromatic nitrogens is 2. The van der Waals surface area contributed by atoms with E-state index in [1.54, 1.807) is 6.92 Å². The van der Waals surface area contributed by atoms with Gasteiger partial charge in [-0.05, 0) is 39.0 Å². The summed E-state index contributed by atoms with van der Waals surface area (Å²) >= 11 is 0. The minimum absolute atomic E-state index is 0.139. The van der Waals surface area contributed by atoms with Crippen LogP contribution in [0.25, 0.3) is 0 Å². The molecule has 0 spiro atoms. The summed E-state index contributed by atoms with van der Waals surface area (Å²) in [5, 5.41) is 2.88. The molecule has 1 amide bonds. The molecule has 110 valence electrons. The predicted molar refractivity (Wildman–Crippen MR) is 76.3 cm³/mol. The van der Waals surface area contributed by atoms with Crippen LogP contribution in [0.3, 0.4) is 0 Å². The van der Waals surface area contributed by atoms with Gasteiger partial charge in [-0.1, -0.05) is 0 Å². The monoisotopic (exact) mass is 278 g/mol. The molecular weight excluding hydrogens is 256 g/mol. The third-order valence-corrected chi connectivity index (χ3v) is 3.51. The molecule has 0 unspecified atom stereocenters. The van der Waals surface area contributed by atoms with Gasteiger partial charge in [0.1, 0.15) is 0 Å². The predicted octanol–water partition coefficient (Wildman–Crippen LogP) is 1.45. The highest BCUT2D eigenvalue weighted by molar-refractivity contribution is 5.94. The van der Waals surface area contributed by atoms with Crippen molar-refractivity contribution < 1.29 is 9.53 Å². The number of anilines is 1. The van der Waals surface area contributed by atoms with E-state index in [-0.39, 0.29) is 11.9 Å². The number of rotatable bonds is 6. The zero-order valence-corrected chi connectivity index (χ0v) is 11.9. The lowest BCUT2D eigenvalue weighted by Crippen LogP contribution is -2.26. The minimum atomic E-state index is -0.139. The van der Waals surface area contributed by atoms with Crippen LogP contribution in [0.5, 0.6) is 0 Å². The molecule has 20 heavy (non-hydrogen) atoms. The number of carbonyl (C=O) groups excluding carboxylic acids is 1. The van der Waals surface area contributed by atoms with Crippen molar-refractivity contribution >= 4 is 11.9 Å². The molecule has 2 heterocycles. The Labute approximate surface area is 119 Å². The van der Waals surface area contributed by atoms with E-state index in [0.29, 0.717) is 23.9 Å². The lowest BCUT2D eigenvalue weighted by molar-refractivity contribution is 0.0946. The van der Waals surface area contributed by atoms with E-state index >= 15 is 0 Å². The normalized spacial score (nSPS) is 18.1. The van der Waals surface area contributed by atoms with E-state index in [0.717, 1.165) is 25.9 Å². The van der Waals surface area contributed by atoms with Crippen molar-refractivity contribution in [2.24, 2.45) is 0 Å². The summed E-state index contributed by atoms with van der Waals surface area (Å²) in [4.78, 5) is 19.8.